The molecule has 2 aliphatic carbocycles. The summed E-state index contributed by atoms with van der Waals surface area (Å²) in [7, 11) is 0. The van der Waals surface area contributed by atoms with E-state index in [9.17, 15) is 0 Å². The smallest absolute Gasteiger partial charge is 0.160 e. The summed E-state index contributed by atoms with van der Waals surface area (Å²) in [6, 6.07) is 52.6. The molecular formula is C45H28N4. The molecule has 1 spiro atoms. The van der Waals surface area contributed by atoms with Crippen LogP contribution in [0.5, 0.6) is 0 Å². The second kappa shape index (κ2) is 10.8. The maximum absolute atomic E-state index is 5.17. The van der Waals surface area contributed by atoms with Crippen LogP contribution in [-0.2, 0) is 5.41 Å². The molecule has 228 valence electrons. The van der Waals surface area contributed by atoms with Crippen LogP contribution in [0.1, 0.15) is 22.3 Å². The third kappa shape index (κ3) is 4.04. The molecule has 2 aliphatic rings. The maximum Gasteiger partial charge on any atom is 0.160 e. The SMILES string of the molecule is c1ccc2c(c1)-c1ccccc1C1(c3ccc(-c4cc(-c5ccncc5)nc(-c5ccncc5)n4)cc3-2)c2ccccc2-c2ccccc21. The molecule has 5 aromatic carbocycles. The first-order chi connectivity index (χ1) is 24.3. The number of hydrogen-bond donors (Lipinski definition) is 0. The Bertz CT molecular complexity index is 2450. The number of rotatable bonds is 3. The van der Waals surface area contributed by atoms with Gasteiger partial charge in [-0.05, 0) is 92.0 Å². The lowest BCUT2D eigenvalue weighted by molar-refractivity contribution is 0.775. The van der Waals surface area contributed by atoms with Gasteiger partial charge in [0.2, 0.25) is 0 Å². The summed E-state index contributed by atoms with van der Waals surface area (Å²) in [4.78, 5) is 18.7. The summed E-state index contributed by atoms with van der Waals surface area (Å²) >= 11 is 0. The van der Waals surface area contributed by atoms with Crippen molar-refractivity contribution in [2.75, 3.05) is 0 Å². The Morgan fingerprint density at radius 2 is 0.755 bits per heavy atom. The van der Waals surface area contributed by atoms with Gasteiger partial charge in [0.05, 0.1) is 16.8 Å². The molecule has 8 aromatic rings. The van der Waals surface area contributed by atoms with Crippen LogP contribution in [0.25, 0.3) is 67.3 Å². The summed E-state index contributed by atoms with van der Waals surface area (Å²) in [5, 5.41) is 0. The van der Waals surface area contributed by atoms with Gasteiger partial charge in [-0.2, -0.15) is 0 Å². The van der Waals surface area contributed by atoms with Gasteiger partial charge in [0.1, 0.15) is 0 Å². The number of benzene rings is 5. The molecular weight excluding hydrogens is 597 g/mol. The summed E-state index contributed by atoms with van der Waals surface area (Å²) in [6.07, 6.45) is 7.17. The van der Waals surface area contributed by atoms with Crippen LogP contribution in [0.4, 0.5) is 0 Å². The van der Waals surface area contributed by atoms with Crippen LogP contribution in [-0.4, -0.2) is 19.9 Å². The molecule has 0 saturated carbocycles. The normalized spacial score (nSPS) is 13.1. The predicted octanol–water partition coefficient (Wildman–Crippen LogP) is 10.3. The van der Waals surface area contributed by atoms with Crippen molar-refractivity contribution in [3.63, 3.8) is 0 Å². The molecule has 0 unspecified atom stereocenters. The zero-order valence-corrected chi connectivity index (χ0v) is 26.5. The van der Waals surface area contributed by atoms with Gasteiger partial charge in [0, 0.05) is 41.5 Å². The first kappa shape index (κ1) is 27.6. The molecule has 0 atom stereocenters. The Labute approximate surface area is 284 Å². The van der Waals surface area contributed by atoms with Gasteiger partial charge >= 0.3 is 0 Å². The van der Waals surface area contributed by atoms with Crippen molar-refractivity contribution >= 4 is 0 Å². The average Bonchev–Trinajstić information content (AvgIpc) is 3.43. The highest BCUT2D eigenvalue weighted by Gasteiger charge is 2.49. The Morgan fingerprint density at radius 1 is 0.327 bits per heavy atom. The van der Waals surface area contributed by atoms with Gasteiger partial charge in [0.25, 0.3) is 0 Å². The van der Waals surface area contributed by atoms with Gasteiger partial charge in [-0.1, -0.05) is 109 Å². The lowest BCUT2D eigenvalue weighted by Crippen LogP contribution is -2.29. The molecule has 3 aromatic heterocycles. The Kier molecular flexibility index (Phi) is 6.06. The van der Waals surface area contributed by atoms with Crippen molar-refractivity contribution < 1.29 is 0 Å². The lowest BCUT2D eigenvalue weighted by Gasteiger charge is -2.35. The minimum atomic E-state index is -0.507. The molecule has 0 bridgehead atoms. The summed E-state index contributed by atoms with van der Waals surface area (Å²) in [6.45, 7) is 0. The quantitative estimate of drug-likeness (QED) is 0.196. The Hall–Kier alpha value is -6.52. The fraction of sp³-hybridized carbons (Fsp3) is 0.0222. The lowest BCUT2D eigenvalue weighted by atomic mass is 9.66. The van der Waals surface area contributed by atoms with E-state index in [2.05, 4.69) is 131 Å². The van der Waals surface area contributed by atoms with Crippen molar-refractivity contribution in [3.05, 3.63) is 193 Å². The average molecular weight is 625 g/mol. The molecule has 0 saturated heterocycles. The highest BCUT2D eigenvalue weighted by Crippen LogP contribution is 2.61. The van der Waals surface area contributed by atoms with E-state index in [-0.39, 0.29) is 0 Å². The number of hydrogen-bond acceptors (Lipinski definition) is 4. The fourth-order valence-corrected chi connectivity index (χ4v) is 8.11. The van der Waals surface area contributed by atoms with Crippen molar-refractivity contribution in [1.82, 2.24) is 19.9 Å². The van der Waals surface area contributed by atoms with Crippen molar-refractivity contribution in [2.45, 2.75) is 5.41 Å². The number of nitrogens with zero attached hydrogens (tertiary/aromatic N) is 4. The van der Waals surface area contributed by atoms with Crippen LogP contribution in [0.2, 0.25) is 0 Å². The predicted molar refractivity (Wildman–Crippen MR) is 196 cm³/mol. The third-order valence-corrected chi connectivity index (χ3v) is 10.2. The van der Waals surface area contributed by atoms with E-state index in [1.54, 1.807) is 24.8 Å². The van der Waals surface area contributed by atoms with Gasteiger partial charge in [-0.15, -0.1) is 0 Å². The van der Waals surface area contributed by atoms with Gasteiger partial charge < -0.3 is 0 Å². The summed E-state index contributed by atoms with van der Waals surface area (Å²) in [5.74, 6) is 0.657. The van der Waals surface area contributed by atoms with E-state index in [0.29, 0.717) is 5.82 Å². The van der Waals surface area contributed by atoms with E-state index in [0.717, 1.165) is 28.1 Å². The maximum atomic E-state index is 5.17. The second-order valence-corrected chi connectivity index (χ2v) is 12.6. The van der Waals surface area contributed by atoms with Crippen LogP contribution >= 0.6 is 0 Å². The van der Waals surface area contributed by atoms with Crippen LogP contribution in [0, 0.1) is 0 Å². The molecule has 3 heterocycles. The minimum absolute atomic E-state index is 0.507. The van der Waals surface area contributed by atoms with Crippen molar-refractivity contribution in [2.24, 2.45) is 0 Å². The van der Waals surface area contributed by atoms with Gasteiger partial charge in [-0.3, -0.25) is 9.97 Å². The minimum Gasteiger partial charge on any atom is -0.265 e. The Morgan fingerprint density at radius 3 is 1.33 bits per heavy atom. The summed E-state index contributed by atoms with van der Waals surface area (Å²) < 4.78 is 0. The monoisotopic (exact) mass is 624 g/mol. The molecule has 0 radical (unpaired) electrons. The molecule has 0 fully saturated rings. The van der Waals surface area contributed by atoms with E-state index in [1.165, 1.54) is 55.6 Å². The van der Waals surface area contributed by atoms with Crippen LogP contribution in [0.15, 0.2) is 170 Å². The first-order valence-corrected chi connectivity index (χ1v) is 16.5. The van der Waals surface area contributed by atoms with E-state index >= 15 is 0 Å². The zero-order valence-electron chi connectivity index (χ0n) is 26.5. The largest absolute Gasteiger partial charge is 0.265 e. The number of pyridine rings is 2. The second-order valence-electron chi connectivity index (χ2n) is 12.6. The Balaban J connectivity index is 1.29. The summed E-state index contributed by atoms with van der Waals surface area (Å²) in [5.41, 5.74) is 16.8. The van der Waals surface area contributed by atoms with Crippen LogP contribution in [0.3, 0.4) is 0 Å². The highest BCUT2D eigenvalue weighted by atomic mass is 14.9. The van der Waals surface area contributed by atoms with E-state index in [4.69, 9.17) is 9.97 Å². The van der Waals surface area contributed by atoms with Gasteiger partial charge in [-0.25, -0.2) is 9.97 Å². The molecule has 49 heavy (non-hydrogen) atoms. The molecule has 4 heteroatoms. The molecule has 0 aliphatic heterocycles. The number of fused-ring (bicyclic) bond motifs is 12. The first-order valence-electron chi connectivity index (χ1n) is 16.5. The number of aromatic nitrogens is 4. The fourth-order valence-electron chi connectivity index (χ4n) is 8.11. The zero-order chi connectivity index (χ0) is 32.4. The van der Waals surface area contributed by atoms with E-state index in [1.807, 2.05) is 24.3 Å². The molecule has 0 N–H and O–H groups in total. The van der Waals surface area contributed by atoms with E-state index < -0.39 is 5.41 Å². The van der Waals surface area contributed by atoms with Crippen LogP contribution < -0.4 is 0 Å². The third-order valence-electron chi connectivity index (χ3n) is 10.2. The molecule has 4 nitrogen and oxygen atoms in total. The van der Waals surface area contributed by atoms with Crippen molar-refractivity contribution in [3.8, 4) is 67.3 Å². The standard InChI is InChI=1S/C45H28N4/c1-2-10-33-32(9-1)34-11-3-6-14-38(34)45(39-15-7-4-12-35(39)36-13-5-8-16-40(36)45)41-18-17-31(27-37(33)41)43-28-42(29-19-23-46-24-20-29)48-44(49-43)30-21-25-47-26-22-30/h1-28H. The van der Waals surface area contributed by atoms with Gasteiger partial charge in [0.15, 0.2) is 5.82 Å². The molecule has 10 rings (SSSR count). The van der Waals surface area contributed by atoms with Crippen molar-refractivity contribution in [1.29, 1.82) is 0 Å². The highest BCUT2D eigenvalue weighted by molar-refractivity contribution is 5.98. The molecule has 0 amide bonds. The topological polar surface area (TPSA) is 51.6 Å².